The number of aromatic carboxylic acids is 1. The first-order valence-corrected chi connectivity index (χ1v) is 5.05. The van der Waals surface area contributed by atoms with Gasteiger partial charge in [-0.3, -0.25) is 10.6 Å². The van der Waals surface area contributed by atoms with E-state index in [-0.39, 0.29) is 16.9 Å². The predicted molar refractivity (Wildman–Crippen MR) is 65.5 cm³/mol. The number of carboxylic acids is 1. The van der Waals surface area contributed by atoms with E-state index < -0.39 is 18.2 Å². The summed E-state index contributed by atoms with van der Waals surface area (Å²) in [4.78, 5) is 33.1. The molecule has 0 saturated heterocycles. The predicted octanol–water partition coefficient (Wildman–Crippen LogP) is 1.74. The monoisotopic (exact) mass is 268 g/mol. The van der Waals surface area contributed by atoms with Crippen LogP contribution in [0.15, 0.2) is 18.2 Å². The summed E-state index contributed by atoms with van der Waals surface area (Å²) >= 11 is 0. The molecule has 0 aliphatic carbocycles. The number of benzene rings is 1. The Balaban J connectivity index is 3.10. The average molecular weight is 268 g/mol. The minimum atomic E-state index is -1.17. The van der Waals surface area contributed by atoms with E-state index in [0.29, 0.717) is 0 Å². The van der Waals surface area contributed by atoms with Gasteiger partial charge in [0.2, 0.25) is 0 Å². The fourth-order valence-electron chi connectivity index (χ4n) is 1.21. The van der Waals surface area contributed by atoms with Crippen molar-refractivity contribution in [2.45, 2.75) is 0 Å². The Bertz CT molecular complexity index is 514. The summed E-state index contributed by atoms with van der Waals surface area (Å²) in [6, 6.07) is 3.78. The number of hydrogen-bond donors (Lipinski definition) is 3. The highest BCUT2D eigenvalue weighted by molar-refractivity contribution is 5.98. The Labute approximate surface area is 108 Å². The van der Waals surface area contributed by atoms with Crippen molar-refractivity contribution in [3.05, 3.63) is 23.8 Å². The Kier molecular flexibility index (Phi) is 4.69. The third kappa shape index (κ3) is 3.87. The molecule has 1 rings (SSSR count). The van der Waals surface area contributed by atoms with Crippen LogP contribution in [0.3, 0.4) is 0 Å². The summed E-state index contributed by atoms with van der Waals surface area (Å²) in [6.07, 6.45) is -1.55. The summed E-state index contributed by atoms with van der Waals surface area (Å²) in [6.45, 7) is 0. The van der Waals surface area contributed by atoms with Crippen LogP contribution in [0.5, 0.6) is 0 Å². The molecule has 2 amide bonds. The third-order valence-corrected chi connectivity index (χ3v) is 2.11. The maximum Gasteiger partial charge on any atom is 0.411 e. The molecular weight excluding hydrogens is 256 g/mol. The van der Waals surface area contributed by atoms with Crippen molar-refractivity contribution in [1.29, 1.82) is 0 Å². The van der Waals surface area contributed by atoms with Crippen molar-refractivity contribution >= 4 is 29.5 Å². The lowest BCUT2D eigenvalue weighted by Gasteiger charge is -2.11. The molecule has 1 aromatic rings. The molecule has 8 heteroatoms. The van der Waals surface area contributed by atoms with Crippen LogP contribution in [0.25, 0.3) is 0 Å². The van der Waals surface area contributed by atoms with Gasteiger partial charge in [0.1, 0.15) is 0 Å². The van der Waals surface area contributed by atoms with Gasteiger partial charge in [0, 0.05) is 0 Å². The molecule has 19 heavy (non-hydrogen) atoms. The number of nitrogens with one attached hydrogen (secondary N) is 2. The number of ether oxygens (including phenoxy) is 2. The van der Waals surface area contributed by atoms with E-state index >= 15 is 0 Å². The first-order valence-electron chi connectivity index (χ1n) is 5.05. The number of carbonyl (C=O) groups excluding carboxylic acids is 2. The highest BCUT2D eigenvalue weighted by Crippen LogP contribution is 2.23. The highest BCUT2D eigenvalue weighted by Gasteiger charge is 2.13. The van der Waals surface area contributed by atoms with Gasteiger partial charge in [0.25, 0.3) is 0 Å². The number of amides is 2. The molecule has 0 saturated carbocycles. The van der Waals surface area contributed by atoms with Crippen molar-refractivity contribution in [2.24, 2.45) is 0 Å². The Morgan fingerprint density at radius 1 is 1.00 bits per heavy atom. The highest BCUT2D eigenvalue weighted by atomic mass is 16.5. The summed E-state index contributed by atoms with van der Waals surface area (Å²) in [5.74, 6) is -1.17. The van der Waals surface area contributed by atoms with Crippen LogP contribution in [0.1, 0.15) is 10.4 Å². The molecule has 0 atom stereocenters. The number of rotatable bonds is 3. The van der Waals surface area contributed by atoms with Gasteiger partial charge >= 0.3 is 18.2 Å². The second kappa shape index (κ2) is 6.24. The first-order chi connectivity index (χ1) is 8.97. The molecule has 102 valence electrons. The van der Waals surface area contributed by atoms with Crippen molar-refractivity contribution in [1.82, 2.24) is 0 Å². The molecule has 0 heterocycles. The van der Waals surface area contributed by atoms with Gasteiger partial charge in [0.15, 0.2) is 0 Å². The summed E-state index contributed by atoms with van der Waals surface area (Å²) in [5, 5.41) is 13.5. The molecule has 3 N–H and O–H groups in total. The molecule has 0 spiro atoms. The van der Waals surface area contributed by atoms with Crippen molar-refractivity contribution in [2.75, 3.05) is 24.9 Å². The third-order valence-electron chi connectivity index (χ3n) is 2.11. The molecule has 8 nitrogen and oxygen atoms in total. The van der Waals surface area contributed by atoms with Crippen LogP contribution in [0.2, 0.25) is 0 Å². The maximum atomic E-state index is 11.1. The summed E-state index contributed by atoms with van der Waals surface area (Å²) in [5.41, 5.74) is 0.209. The number of carboxylic acid groups (broad SMARTS) is 1. The SMILES string of the molecule is COC(=O)Nc1ccc(C(=O)O)cc1NC(=O)OC. The normalized spacial score (nSPS) is 9.37. The molecule has 0 fully saturated rings. The zero-order valence-electron chi connectivity index (χ0n) is 10.2. The van der Waals surface area contributed by atoms with E-state index in [1.54, 1.807) is 0 Å². The second-order valence-electron chi connectivity index (χ2n) is 3.30. The van der Waals surface area contributed by atoms with E-state index in [2.05, 4.69) is 20.1 Å². The smallest absolute Gasteiger partial charge is 0.411 e. The second-order valence-corrected chi connectivity index (χ2v) is 3.30. The fraction of sp³-hybridized carbons (Fsp3) is 0.182. The molecule has 0 aliphatic rings. The minimum absolute atomic E-state index is 0.0539. The van der Waals surface area contributed by atoms with E-state index in [4.69, 9.17) is 5.11 Å². The van der Waals surface area contributed by atoms with Gasteiger partial charge in [-0.05, 0) is 18.2 Å². The van der Waals surface area contributed by atoms with Gasteiger partial charge < -0.3 is 14.6 Å². The summed E-state index contributed by atoms with van der Waals surface area (Å²) in [7, 11) is 2.33. The first kappa shape index (κ1) is 14.3. The van der Waals surface area contributed by atoms with Crippen LogP contribution in [0.4, 0.5) is 21.0 Å². The maximum absolute atomic E-state index is 11.1. The van der Waals surface area contributed by atoms with Crippen LogP contribution >= 0.6 is 0 Å². The van der Waals surface area contributed by atoms with Crippen LogP contribution < -0.4 is 10.6 Å². The number of methoxy groups -OCH3 is 2. The lowest BCUT2D eigenvalue weighted by atomic mass is 10.1. The van der Waals surface area contributed by atoms with Crippen molar-refractivity contribution in [3.8, 4) is 0 Å². The van der Waals surface area contributed by atoms with Crippen LogP contribution in [-0.2, 0) is 9.47 Å². The fourth-order valence-corrected chi connectivity index (χ4v) is 1.21. The van der Waals surface area contributed by atoms with E-state index in [9.17, 15) is 14.4 Å². The Morgan fingerprint density at radius 3 is 2.00 bits per heavy atom. The molecule has 0 radical (unpaired) electrons. The van der Waals surface area contributed by atoms with Gasteiger partial charge in [-0.2, -0.15) is 0 Å². The zero-order chi connectivity index (χ0) is 14.4. The minimum Gasteiger partial charge on any atom is -0.478 e. The molecule has 0 aromatic heterocycles. The molecule has 0 unspecified atom stereocenters. The molecule has 1 aromatic carbocycles. The standard InChI is InChI=1S/C11H12N2O6/c1-18-10(16)12-7-4-3-6(9(14)15)5-8(7)13-11(17)19-2/h3-5H,1-2H3,(H,12,16)(H,13,17)(H,14,15). The molecular formula is C11H12N2O6. The Morgan fingerprint density at radius 2 is 1.53 bits per heavy atom. The van der Waals surface area contributed by atoms with Crippen LogP contribution in [0, 0.1) is 0 Å². The van der Waals surface area contributed by atoms with E-state index in [1.807, 2.05) is 0 Å². The largest absolute Gasteiger partial charge is 0.478 e. The molecule has 0 aliphatic heterocycles. The van der Waals surface area contributed by atoms with E-state index in [0.717, 1.165) is 7.11 Å². The lowest BCUT2D eigenvalue weighted by molar-refractivity contribution is 0.0697. The summed E-state index contributed by atoms with van der Waals surface area (Å²) < 4.78 is 8.81. The van der Waals surface area contributed by atoms with Gasteiger partial charge in [0.05, 0.1) is 31.2 Å². The Hall–Kier alpha value is -2.77. The van der Waals surface area contributed by atoms with E-state index in [1.165, 1.54) is 25.3 Å². The van der Waals surface area contributed by atoms with Gasteiger partial charge in [-0.1, -0.05) is 0 Å². The number of hydrogen-bond acceptors (Lipinski definition) is 5. The zero-order valence-corrected chi connectivity index (χ0v) is 10.2. The topological polar surface area (TPSA) is 114 Å². The average Bonchev–Trinajstić information content (AvgIpc) is 2.39. The van der Waals surface area contributed by atoms with Crippen LogP contribution in [-0.4, -0.2) is 37.5 Å². The van der Waals surface area contributed by atoms with Crippen molar-refractivity contribution < 1.29 is 29.0 Å². The van der Waals surface area contributed by atoms with Gasteiger partial charge in [-0.25, -0.2) is 14.4 Å². The lowest BCUT2D eigenvalue weighted by Crippen LogP contribution is -2.16. The van der Waals surface area contributed by atoms with Crippen molar-refractivity contribution in [3.63, 3.8) is 0 Å². The number of carbonyl (C=O) groups is 3. The quantitative estimate of drug-likeness (QED) is 0.769. The molecule has 0 bridgehead atoms. The number of anilines is 2. The van der Waals surface area contributed by atoms with Gasteiger partial charge in [-0.15, -0.1) is 0 Å².